The van der Waals surface area contributed by atoms with Crippen molar-refractivity contribution in [2.75, 3.05) is 20.8 Å². The van der Waals surface area contributed by atoms with Crippen molar-refractivity contribution in [3.63, 3.8) is 0 Å². The zero-order valence-electron chi connectivity index (χ0n) is 15.9. The summed E-state index contributed by atoms with van der Waals surface area (Å²) in [6.45, 7) is 2.15. The molecule has 2 aromatic carbocycles. The second-order valence-corrected chi connectivity index (χ2v) is 6.67. The fourth-order valence-corrected chi connectivity index (χ4v) is 2.80. The number of hydrazone groups is 1. The Morgan fingerprint density at radius 1 is 1.04 bits per heavy atom. The lowest BCUT2D eigenvalue weighted by atomic mass is 10.1. The van der Waals surface area contributed by atoms with Gasteiger partial charge in [0.15, 0.2) is 11.5 Å². The number of methoxy groups -OCH3 is 2. The van der Waals surface area contributed by atoms with Gasteiger partial charge in [-0.25, -0.2) is 5.43 Å². The van der Waals surface area contributed by atoms with Crippen LogP contribution in [0.25, 0.3) is 0 Å². The Balaban J connectivity index is 1.81. The predicted molar refractivity (Wildman–Crippen MR) is 111 cm³/mol. The largest absolute Gasteiger partial charge is 0.493 e. The summed E-state index contributed by atoms with van der Waals surface area (Å²) in [5.74, 6) is 1.56. The summed E-state index contributed by atoms with van der Waals surface area (Å²) in [4.78, 5) is 12.0. The maximum atomic E-state index is 12.0. The number of carbonyl (C=O) groups is 1. The first kappa shape index (κ1) is 21.9. The Bertz CT molecular complexity index is 856. The number of hydrogen-bond donors (Lipinski definition) is 1. The van der Waals surface area contributed by atoms with Gasteiger partial charge in [-0.2, -0.15) is 5.10 Å². The molecule has 0 atom stereocenters. The molecular formula is C20H22Cl2N2O4. The third-order valence-electron chi connectivity index (χ3n) is 3.85. The Kier molecular flexibility index (Phi) is 8.42. The summed E-state index contributed by atoms with van der Waals surface area (Å²) < 4.78 is 16.0. The Morgan fingerprint density at radius 3 is 2.43 bits per heavy atom. The molecule has 0 bridgehead atoms. The molecule has 1 N–H and O–H groups in total. The second kappa shape index (κ2) is 10.8. The summed E-state index contributed by atoms with van der Waals surface area (Å²) in [5, 5.41) is 5.11. The SMILES string of the molecule is COc1ccc(C(C)=NNC(=O)CCCOc2ccc(Cl)cc2Cl)cc1OC. The number of benzene rings is 2. The van der Waals surface area contributed by atoms with Crippen LogP contribution in [0.3, 0.4) is 0 Å². The van der Waals surface area contributed by atoms with E-state index in [-0.39, 0.29) is 12.3 Å². The van der Waals surface area contributed by atoms with Gasteiger partial charge in [-0.05, 0) is 49.7 Å². The molecule has 0 aliphatic carbocycles. The van der Waals surface area contributed by atoms with Crippen LogP contribution in [0.5, 0.6) is 17.2 Å². The van der Waals surface area contributed by atoms with Crippen molar-refractivity contribution < 1.29 is 19.0 Å². The number of rotatable bonds is 9. The molecule has 0 aliphatic heterocycles. The van der Waals surface area contributed by atoms with Crippen molar-refractivity contribution >= 4 is 34.8 Å². The molecule has 0 saturated heterocycles. The highest BCUT2D eigenvalue weighted by atomic mass is 35.5. The van der Waals surface area contributed by atoms with E-state index in [0.717, 1.165) is 5.56 Å². The van der Waals surface area contributed by atoms with Gasteiger partial charge in [0.2, 0.25) is 5.91 Å². The third-order valence-corrected chi connectivity index (χ3v) is 4.38. The molecule has 0 heterocycles. The van der Waals surface area contributed by atoms with Gasteiger partial charge in [0, 0.05) is 17.0 Å². The molecule has 2 rings (SSSR count). The highest BCUT2D eigenvalue weighted by molar-refractivity contribution is 6.35. The summed E-state index contributed by atoms with van der Waals surface area (Å²) in [6, 6.07) is 10.4. The highest BCUT2D eigenvalue weighted by Gasteiger charge is 2.08. The van der Waals surface area contributed by atoms with E-state index in [4.69, 9.17) is 37.4 Å². The molecule has 0 aliphatic rings. The van der Waals surface area contributed by atoms with Crippen molar-refractivity contribution in [2.24, 2.45) is 5.10 Å². The number of halogens is 2. The van der Waals surface area contributed by atoms with Crippen LogP contribution in [0.15, 0.2) is 41.5 Å². The summed E-state index contributed by atoms with van der Waals surface area (Å²) in [7, 11) is 3.14. The molecule has 0 unspecified atom stereocenters. The van der Waals surface area contributed by atoms with Crippen LogP contribution in [0.2, 0.25) is 10.0 Å². The molecule has 2 aromatic rings. The Labute approximate surface area is 174 Å². The number of nitrogens with zero attached hydrogens (tertiary/aromatic N) is 1. The molecule has 1 amide bonds. The number of hydrogen-bond acceptors (Lipinski definition) is 5. The second-order valence-electron chi connectivity index (χ2n) is 5.83. The summed E-state index contributed by atoms with van der Waals surface area (Å²) in [5.41, 5.74) is 4.01. The molecule has 0 aromatic heterocycles. The van der Waals surface area contributed by atoms with Gasteiger partial charge in [-0.1, -0.05) is 23.2 Å². The van der Waals surface area contributed by atoms with Gasteiger partial charge in [0.1, 0.15) is 5.75 Å². The van der Waals surface area contributed by atoms with Crippen molar-refractivity contribution in [3.05, 3.63) is 52.0 Å². The standard InChI is InChI=1S/C20H22Cl2N2O4/c1-13(14-6-8-18(26-2)19(11-14)27-3)23-24-20(25)5-4-10-28-17-9-7-15(21)12-16(17)22/h6-9,11-12H,4-5,10H2,1-3H3,(H,24,25). The molecule has 0 spiro atoms. The first-order valence-corrected chi connectivity index (χ1v) is 9.33. The molecule has 8 heteroatoms. The fraction of sp³-hybridized carbons (Fsp3) is 0.300. The van der Waals surface area contributed by atoms with E-state index in [0.29, 0.717) is 46.0 Å². The summed E-state index contributed by atoms with van der Waals surface area (Å²) >= 11 is 11.9. The zero-order valence-corrected chi connectivity index (χ0v) is 17.4. The van der Waals surface area contributed by atoms with Crippen LogP contribution in [-0.4, -0.2) is 32.4 Å². The molecule has 0 saturated carbocycles. The predicted octanol–water partition coefficient (Wildman–Crippen LogP) is 4.71. The molecule has 0 fully saturated rings. The van der Waals surface area contributed by atoms with E-state index in [1.54, 1.807) is 51.5 Å². The van der Waals surface area contributed by atoms with E-state index in [9.17, 15) is 4.79 Å². The number of amides is 1. The lowest BCUT2D eigenvalue weighted by molar-refractivity contribution is -0.121. The van der Waals surface area contributed by atoms with Crippen molar-refractivity contribution in [2.45, 2.75) is 19.8 Å². The Morgan fingerprint density at radius 2 is 1.75 bits per heavy atom. The van der Waals surface area contributed by atoms with E-state index in [2.05, 4.69) is 10.5 Å². The van der Waals surface area contributed by atoms with Gasteiger partial charge in [-0.3, -0.25) is 4.79 Å². The van der Waals surface area contributed by atoms with Crippen LogP contribution >= 0.6 is 23.2 Å². The topological polar surface area (TPSA) is 69.2 Å². The highest BCUT2D eigenvalue weighted by Crippen LogP contribution is 2.28. The molecule has 0 radical (unpaired) electrons. The monoisotopic (exact) mass is 424 g/mol. The maximum Gasteiger partial charge on any atom is 0.240 e. The van der Waals surface area contributed by atoms with Gasteiger partial charge in [0.05, 0.1) is 31.6 Å². The van der Waals surface area contributed by atoms with Gasteiger partial charge < -0.3 is 14.2 Å². The lowest BCUT2D eigenvalue weighted by Gasteiger charge is -2.10. The van der Waals surface area contributed by atoms with E-state index >= 15 is 0 Å². The fourth-order valence-electron chi connectivity index (χ4n) is 2.34. The smallest absolute Gasteiger partial charge is 0.240 e. The molecule has 150 valence electrons. The van der Waals surface area contributed by atoms with E-state index in [1.807, 2.05) is 6.07 Å². The van der Waals surface area contributed by atoms with Crippen LogP contribution in [0.1, 0.15) is 25.3 Å². The first-order valence-electron chi connectivity index (χ1n) is 8.58. The maximum absolute atomic E-state index is 12.0. The average Bonchev–Trinajstić information content (AvgIpc) is 2.70. The van der Waals surface area contributed by atoms with Crippen LogP contribution in [0, 0.1) is 0 Å². The molecule has 28 heavy (non-hydrogen) atoms. The van der Waals surface area contributed by atoms with Crippen molar-refractivity contribution in [1.82, 2.24) is 5.43 Å². The molecule has 6 nitrogen and oxygen atoms in total. The van der Waals surface area contributed by atoms with Gasteiger partial charge >= 0.3 is 0 Å². The minimum Gasteiger partial charge on any atom is -0.493 e. The minimum absolute atomic E-state index is 0.203. The van der Waals surface area contributed by atoms with Crippen LogP contribution in [0.4, 0.5) is 0 Å². The number of nitrogens with one attached hydrogen (secondary N) is 1. The Hall–Kier alpha value is -2.44. The third kappa shape index (κ3) is 6.32. The minimum atomic E-state index is -0.203. The number of carbonyl (C=O) groups excluding carboxylic acids is 1. The van der Waals surface area contributed by atoms with Crippen LogP contribution < -0.4 is 19.6 Å². The lowest BCUT2D eigenvalue weighted by Crippen LogP contribution is -2.19. The quantitative estimate of drug-likeness (QED) is 0.359. The first-order chi connectivity index (χ1) is 13.4. The summed E-state index contributed by atoms with van der Waals surface area (Å²) in [6.07, 6.45) is 0.795. The number of ether oxygens (including phenoxy) is 3. The normalized spacial score (nSPS) is 11.1. The zero-order chi connectivity index (χ0) is 20.5. The van der Waals surface area contributed by atoms with Crippen molar-refractivity contribution in [3.8, 4) is 17.2 Å². The average molecular weight is 425 g/mol. The van der Waals surface area contributed by atoms with E-state index in [1.165, 1.54) is 0 Å². The van der Waals surface area contributed by atoms with Crippen molar-refractivity contribution in [1.29, 1.82) is 0 Å². The van der Waals surface area contributed by atoms with Gasteiger partial charge in [0.25, 0.3) is 0 Å². The van der Waals surface area contributed by atoms with Gasteiger partial charge in [-0.15, -0.1) is 0 Å². The van der Waals surface area contributed by atoms with Crippen LogP contribution in [-0.2, 0) is 4.79 Å². The van der Waals surface area contributed by atoms with E-state index < -0.39 is 0 Å². The molecular weight excluding hydrogens is 403 g/mol.